The van der Waals surface area contributed by atoms with Gasteiger partial charge < -0.3 is 14.4 Å². The quantitative estimate of drug-likeness (QED) is 0.238. The summed E-state index contributed by atoms with van der Waals surface area (Å²) in [4.78, 5) is 11.5. The van der Waals surface area contributed by atoms with Gasteiger partial charge in [0.05, 0.1) is 28.5 Å². The van der Waals surface area contributed by atoms with Crippen molar-refractivity contribution in [2.75, 3.05) is 0 Å². The Balaban J connectivity index is 1.34. The Bertz CT molecular complexity index is 1360. The van der Waals surface area contributed by atoms with Crippen LogP contribution in [0.2, 0.25) is 10.0 Å². The maximum absolute atomic E-state index is 13.8. The van der Waals surface area contributed by atoms with E-state index in [1.165, 1.54) is 4.68 Å². The highest BCUT2D eigenvalue weighted by Crippen LogP contribution is 2.49. The minimum atomic E-state index is -2.92. The second-order valence-corrected chi connectivity index (χ2v) is 12.3. The van der Waals surface area contributed by atoms with E-state index < -0.39 is 29.3 Å². The van der Waals surface area contributed by atoms with Gasteiger partial charge in [0.25, 0.3) is 6.43 Å². The Labute approximate surface area is 241 Å². The number of hydrogen-bond acceptors (Lipinski definition) is 5. The summed E-state index contributed by atoms with van der Waals surface area (Å²) in [6.45, 7) is 4.69. The van der Waals surface area contributed by atoms with Gasteiger partial charge >= 0.3 is 5.97 Å². The molecule has 216 valence electrons. The molecule has 0 amide bonds. The summed E-state index contributed by atoms with van der Waals surface area (Å²) >= 11 is 13.0. The minimum Gasteiger partial charge on any atom is -0.478 e. The number of aromatic nitrogens is 3. The van der Waals surface area contributed by atoms with Gasteiger partial charge in [-0.2, -0.15) is 5.10 Å². The fourth-order valence-corrected chi connectivity index (χ4v) is 6.58. The molecule has 1 N–H and O–H groups in total. The molecule has 2 fully saturated rings. The van der Waals surface area contributed by atoms with Crippen LogP contribution in [-0.2, 0) is 17.9 Å². The molecule has 0 radical (unpaired) electrons. The summed E-state index contributed by atoms with van der Waals surface area (Å²) in [5.41, 5.74) is 0.395. The van der Waals surface area contributed by atoms with Crippen molar-refractivity contribution in [2.24, 2.45) is 5.41 Å². The van der Waals surface area contributed by atoms with Crippen LogP contribution in [0.1, 0.15) is 105 Å². The molecule has 2 saturated carbocycles. The average molecular weight is 597 g/mol. The van der Waals surface area contributed by atoms with Crippen molar-refractivity contribution in [1.29, 1.82) is 0 Å². The van der Waals surface area contributed by atoms with E-state index in [-0.39, 0.29) is 12.0 Å². The van der Waals surface area contributed by atoms with Gasteiger partial charge in [-0.25, -0.2) is 13.6 Å². The van der Waals surface area contributed by atoms with Crippen LogP contribution in [0.25, 0.3) is 11.3 Å². The van der Waals surface area contributed by atoms with Gasteiger partial charge in [0, 0.05) is 23.6 Å². The average Bonchev–Trinajstić information content (AvgIpc) is 3.52. The Morgan fingerprint density at radius 2 is 1.90 bits per heavy atom. The van der Waals surface area contributed by atoms with E-state index in [2.05, 4.69) is 24.1 Å². The van der Waals surface area contributed by atoms with E-state index in [9.17, 15) is 18.7 Å². The number of alkyl halides is 2. The summed E-state index contributed by atoms with van der Waals surface area (Å²) in [5, 5.41) is 18.7. The molecule has 0 aliphatic heterocycles. The van der Waals surface area contributed by atoms with E-state index in [1.54, 1.807) is 18.2 Å². The maximum atomic E-state index is 13.8. The van der Waals surface area contributed by atoms with Crippen LogP contribution in [0, 0.1) is 5.41 Å². The van der Waals surface area contributed by atoms with E-state index in [4.69, 9.17) is 32.5 Å². The predicted molar refractivity (Wildman–Crippen MR) is 147 cm³/mol. The Morgan fingerprint density at radius 1 is 1.23 bits per heavy atom. The van der Waals surface area contributed by atoms with Gasteiger partial charge in [0.2, 0.25) is 0 Å². The van der Waals surface area contributed by atoms with Crippen LogP contribution < -0.4 is 0 Å². The lowest BCUT2D eigenvalue weighted by Gasteiger charge is -2.45. The minimum absolute atomic E-state index is 0.247. The number of halogens is 4. The summed E-state index contributed by atoms with van der Waals surface area (Å²) < 4.78 is 41.2. The van der Waals surface area contributed by atoms with Crippen molar-refractivity contribution in [1.82, 2.24) is 14.9 Å². The molecule has 2 aromatic heterocycles. The van der Waals surface area contributed by atoms with Gasteiger partial charge in [-0.15, -0.1) is 0 Å². The van der Waals surface area contributed by atoms with Crippen molar-refractivity contribution < 1.29 is 27.9 Å². The lowest BCUT2D eigenvalue weighted by atomic mass is 9.67. The molecule has 11 heteroatoms. The highest BCUT2D eigenvalue weighted by Gasteiger charge is 2.43. The first-order valence-corrected chi connectivity index (χ1v) is 14.5. The summed E-state index contributed by atoms with van der Waals surface area (Å²) in [5.74, 6) is -0.267. The largest absolute Gasteiger partial charge is 0.478 e. The Morgan fingerprint density at radius 3 is 2.48 bits per heavy atom. The second-order valence-electron chi connectivity index (χ2n) is 11.4. The third kappa shape index (κ3) is 5.78. The van der Waals surface area contributed by atoms with Crippen molar-refractivity contribution in [3.63, 3.8) is 0 Å². The zero-order valence-corrected chi connectivity index (χ0v) is 24.1. The number of nitrogens with zero attached hydrogens (tertiary/aromatic N) is 3. The van der Waals surface area contributed by atoms with Gasteiger partial charge in [-0.3, -0.25) is 4.68 Å². The molecule has 5 rings (SSSR count). The van der Waals surface area contributed by atoms with E-state index in [1.807, 2.05) is 0 Å². The molecule has 2 aliphatic carbocycles. The number of benzene rings is 1. The first kappa shape index (κ1) is 29.0. The number of rotatable bonds is 11. The van der Waals surface area contributed by atoms with Crippen LogP contribution in [0.15, 0.2) is 28.9 Å². The number of ether oxygens (including phenoxy) is 1. The van der Waals surface area contributed by atoms with Crippen molar-refractivity contribution in [3.8, 4) is 11.3 Å². The van der Waals surface area contributed by atoms with Crippen LogP contribution in [0.3, 0.4) is 0 Å². The molecule has 2 heterocycles. The number of aromatic carboxylic acids is 1. The molecule has 3 aromatic rings. The van der Waals surface area contributed by atoms with Crippen molar-refractivity contribution in [2.45, 2.75) is 96.3 Å². The molecular weight excluding hydrogens is 563 g/mol. The lowest BCUT2D eigenvalue weighted by molar-refractivity contribution is -0.0938. The third-order valence-electron chi connectivity index (χ3n) is 8.48. The van der Waals surface area contributed by atoms with Gasteiger partial charge in [0.15, 0.2) is 0 Å². The molecule has 7 nitrogen and oxygen atoms in total. The summed E-state index contributed by atoms with van der Waals surface area (Å²) in [6.07, 6.45) is 4.79. The topological polar surface area (TPSA) is 90.4 Å². The monoisotopic (exact) mass is 595 g/mol. The van der Waals surface area contributed by atoms with Crippen LogP contribution in [0.4, 0.5) is 8.78 Å². The number of carbonyl (C=O) groups is 1. The zero-order valence-electron chi connectivity index (χ0n) is 22.6. The van der Waals surface area contributed by atoms with Gasteiger partial charge in [0.1, 0.15) is 22.7 Å². The standard InChI is InChI=1S/C29H33Cl2F2N3O4/c1-3-9-29(16-36-24(26(32)33)18(14-34-36)27(37)38)12-10-28(2,11-13-29)39-15-19-23(35-40-25(19)17-7-8-17)22-20(30)5-4-6-21(22)31/h4-6,14,17,26H,3,7-13,15-16H2,1-2H3,(H,37,38). The predicted octanol–water partition coefficient (Wildman–Crippen LogP) is 8.69. The fraction of sp³-hybridized carbons (Fsp3) is 0.552. The smallest absolute Gasteiger partial charge is 0.339 e. The lowest BCUT2D eigenvalue weighted by Crippen LogP contribution is -2.41. The Kier molecular flexibility index (Phi) is 8.28. The van der Waals surface area contributed by atoms with Crippen LogP contribution in [0.5, 0.6) is 0 Å². The van der Waals surface area contributed by atoms with E-state index in [0.29, 0.717) is 33.8 Å². The van der Waals surface area contributed by atoms with Crippen molar-refractivity contribution in [3.05, 3.63) is 57.0 Å². The van der Waals surface area contributed by atoms with Crippen molar-refractivity contribution >= 4 is 29.2 Å². The molecule has 0 bridgehead atoms. The first-order chi connectivity index (χ1) is 19.1. The van der Waals surface area contributed by atoms with Crippen LogP contribution >= 0.6 is 23.2 Å². The number of hydrogen-bond donors (Lipinski definition) is 1. The Hall–Kier alpha value is -2.49. The molecule has 40 heavy (non-hydrogen) atoms. The van der Waals surface area contributed by atoms with E-state index >= 15 is 0 Å². The number of carboxylic acids is 1. The first-order valence-electron chi connectivity index (χ1n) is 13.7. The maximum Gasteiger partial charge on any atom is 0.339 e. The number of carboxylic acid groups (broad SMARTS) is 1. The molecular formula is C29H33Cl2F2N3O4. The molecule has 0 unspecified atom stereocenters. The SMILES string of the molecule is CCCC1(Cn2ncc(C(=O)O)c2C(F)F)CCC(C)(OCc2c(-c3c(Cl)cccc3Cl)noc2C2CC2)CC1. The summed E-state index contributed by atoms with van der Waals surface area (Å²) in [6, 6.07) is 5.33. The zero-order chi connectivity index (χ0) is 28.7. The highest BCUT2D eigenvalue weighted by atomic mass is 35.5. The van der Waals surface area contributed by atoms with Gasteiger partial charge in [-0.05, 0) is 69.4 Å². The molecule has 0 spiro atoms. The fourth-order valence-electron chi connectivity index (χ4n) is 6.00. The second kappa shape index (κ2) is 11.4. The molecule has 0 saturated heterocycles. The third-order valence-corrected chi connectivity index (χ3v) is 9.11. The summed E-state index contributed by atoms with van der Waals surface area (Å²) in [7, 11) is 0. The van der Waals surface area contributed by atoms with Crippen LogP contribution in [-0.4, -0.2) is 31.6 Å². The highest BCUT2D eigenvalue weighted by molar-refractivity contribution is 6.39. The van der Waals surface area contributed by atoms with E-state index in [0.717, 1.165) is 68.9 Å². The van der Waals surface area contributed by atoms with Gasteiger partial charge in [-0.1, -0.05) is 47.8 Å². The molecule has 1 aromatic carbocycles. The molecule has 0 atom stereocenters. The normalized spacial score (nSPS) is 23.2. The molecule has 2 aliphatic rings.